The third-order valence-electron chi connectivity index (χ3n) is 5.41. The van der Waals surface area contributed by atoms with Gasteiger partial charge in [-0.15, -0.1) is 11.3 Å². The lowest BCUT2D eigenvalue weighted by Crippen LogP contribution is -2.33. The Morgan fingerprint density at radius 1 is 1.22 bits per heavy atom. The number of fused-ring (bicyclic) bond motifs is 2. The van der Waals surface area contributed by atoms with E-state index in [9.17, 15) is 9.59 Å². The molecular weight excluding hydrogens is 444 g/mol. The molecule has 0 spiro atoms. The molecule has 0 unspecified atom stereocenters. The van der Waals surface area contributed by atoms with E-state index in [1.165, 1.54) is 11.8 Å². The maximum atomic E-state index is 12.8. The Balaban J connectivity index is 1.29. The molecule has 1 aliphatic heterocycles. The first kappa shape index (κ1) is 20.7. The van der Waals surface area contributed by atoms with Crippen LogP contribution in [0.3, 0.4) is 0 Å². The molecule has 4 aromatic rings. The molecule has 1 amide bonds. The van der Waals surface area contributed by atoms with Crippen LogP contribution in [0.1, 0.15) is 21.1 Å². The van der Waals surface area contributed by atoms with Gasteiger partial charge in [-0.3, -0.25) is 9.20 Å². The number of esters is 1. The summed E-state index contributed by atoms with van der Waals surface area (Å²) in [7, 11) is 0. The van der Waals surface area contributed by atoms with Crippen molar-refractivity contribution in [3.63, 3.8) is 0 Å². The number of amides is 1. The number of anilines is 1. The van der Waals surface area contributed by atoms with Crippen LogP contribution in [0.2, 0.25) is 0 Å². The first-order chi connectivity index (χ1) is 15.5. The van der Waals surface area contributed by atoms with Crippen LogP contribution < -0.4 is 4.90 Å². The van der Waals surface area contributed by atoms with Crippen molar-refractivity contribution >= 4 is 46.2 Å². The summed E-state index contributed by atoms with van der Waals surface area (Å²) in [4.78, 5) is 36.1. The molecule has 0 atom stereocenters. The second kappa shape index (κ2) is 8.40. The predicted molar refractivity (Wildman–Crippen MR) is 126 cm³/mol. The first-order valence-electron chi connectivity index (χ1n) is 10.1. The zero-order valence-corrected chi connectivity index (χ0v) is 19.2. The first-order valence-corrected chi connectivity index (χ1v) is 12.2. The lowest BCUT2D eigenvalue weighted by atomic mass is 10.1. The molecule has 0 aliphatic carbocycles. The quantitative estimate of drug-likeness (QED) is 0.325. The predicted octanol–water partition coefficient (Wildman–Crippen LogP) is 4.23. The number of aryl methyl sites for hydroxylation is 1. The Morgan fingerprint density at radius 2 is 2.09 bits per heavy atom. The molecule has 0 radical (unpaired) electrons. The van der Waals surface area contributed by atoms with Crippen LogP contribution in [-0.4, -0.2) is 45.7 Å². The van der Waals surface area contributed by atoms with Crippen molar-refractivity contribution in [2.24, 2.45) is 0 Å². The maximum Gasteiger partial charge on any atom is 0.359 e. The molecular formula is C23H20N4O3S2. The molecule has 0 saturated carbocycles. The number of ether oxygens (including phenoxy) is 1. The number of hydrogen-bond acceptors (Lipinski definition) is 7. The van der Waals surface area contributed by atoms with E-state index in [1.807, 2.05) is 59.5 Å². The summed E-state index contributed by atoms with van der Waals surface area (Å²) in [6.07, 6.45) is 4.50. The van der Waals surface area contributed by atoms with Crippen molar-refractivity contribution in [3.8, 4) is 11.3 Å². The Morgan fingerprint density at radius 3 is 2.88 bits per heavy atom. The standard InChI is InChI=1S/C23H20N4O3S2/c1-14-24-17(13-32-14)15-6-7-18-16(11-15)8-10-26(18)20(28)12-30-22(29)21-19-5-3-4-9-27(19)23(25-21)31-2/h3-7,9,11,13H,8,10,12H2,1-2H3. The molecule has 1 aliphatic rings. The SMILES string of the molecule is CSc1nc(C(=O)OCC(=O)N2CCc3cc(-c4csc(C)n4)ccc32)c2ccccn12. The highest BCUT2D eigenvalue weighted by Gasteiger charge is 2.27. The van der Waals surface area contributed by atoms with Gasteiger partial charge in [-0.2, -0.15) is 0 Å². The number of imidazole rings is 1. The number of benzene rings is 1. The van der Waals surface area contributed by atoms with Crippen LogP contribution in [-0.2, 0) is 16.0 Å². The van der Waals surface area contributed by atoms with Crippen LogP contribution in [0.5, 0.6) is 0 Å². The maximum absolute atomic E-state index is 12.8. The van der Waals surface area contributed by atoms with Gasteiger partial charge >= 0.3 is 5.97 Å². The molecule has 32 heavy (non-hydrogen) atoms. The highest BCUT2D eigenvalue weighted by molar-refractivity contribution is 7.98. The Kier molecular flexibility index (Phi) is 5.44. The number of rotatable bonds is 5. The van der Waals surface area contributed by atoms with Gasteiger partial charge in [0.05, 0.1) is 16.2 Å². The van der Waals surface area contributed by atoms with Gasteiger partial charge in [-0.25, -0.2) is 14.8 Å². The second-order valence-electron chi connectivity index (χ2n) is 7.37. The average Bonchev–Trinajstić information content (AvgIpc) is 3.53. The van der Waals surface area contributed by atoms with E-state index in [-0.39, 0.29) is 18.2 Å². The molecule has 0 fully saturated rings. The van der Waals surface area contributed by atoms with Gasteiger partial charge in [-0.05, 0) is 49.4 Å². The monoisotopic (exact) mass is 464 g/mol. The smallest absolute Gasteiger partial charge is 0.359 e. The molecule has 1 aromatic carbocycles. The Labute approximate surface area is 193 Å². The molecule has 3 aromatic heterocycles. The zero-order valence-electron chi connectivity index (χ0n) is 17.6. The minimum atomic E-state index is -0.601. The van der Waals surface area contributed by atoms with Crippen molar-refractivity contribution in [2.45, 2.75) is 18.5 Å². The van der Waals surface area contributed by atoms with Crippen molar-refractivity contribution < 1.29 is 14.3 Å². The van der Waals surface area contributed by atoms with E-state index in [1.54, 1.807) is 16.2 Å². The molecule has 162 valence electrons. The molecule has 4 heterocycles. The van der Waals surface area contributed by atoms with Gasteiger partial charge in [0, 0.05) is 29.4 Å². The third kappa shape index (κ3) is 3.67. The molecule has 9 heteroatoms. The van der Waals surface area contributed by atoms with Gasteiger partial charge < -0.3 is 9.64 Å². The van der Waals surface area contributed by atoms with Gasteiger partial charge in [0.25, 0.3) is 5.91 Å². The van der Waals surface area contributed by atoms with Crippen LogP contribution in [0.25, 0.3) is 16.8 Å². The van der Waals surface area contributed by atoms with Crippen molar-refractivity contribution in [1.29, 1.82) is 0 Å². The lowest BCUT2D eigenvalue weighted by Gasteiger charge is -2.17. The number of carbonyl (C=O) groups excluding carboxylic acids is 2. The molecule has 7 nitrogen and oxygen atoms in total. The summed E-state index contributed by atoms with van der Waals surface area (Å²) in [6.45, 7) is 2.22. The van der Waals surface area contributed by atoms with E-state index in [0.717, 1.165) is 33.9 Å². The number of nitrogens with zero attached hydrogens (tertiary/aromatic N) is 4. The van der Waals surface area contributed by atoms with Crippen LogP contribution in [0.4, 0.5) is 5.69 Å². The Hall–Kier alpha value is -3.17. The van der Waals surface area contributed by atoms with Crippen LogP contribution >= 0.6 is 23.1 Å². The normalized spacial score (nSPS) is 12.9. The minimum Gasteiger partial charge on any atom is -0.451 e. The molecule has 0 bridgehead atoms. The number of hydrogen-bond donors (Lipinski definition) is 0. The van der Waals surface area contributed by atoms with E-state index in [2.05, 4.69) is 16.0 Å². The number of pyridine rings is 1. The summed E-state index contributed by atoms with van der Waals surface area (Å²) < 4.78 is 7.19. The van der Waals surface area contributed by atoms with Crippen LogP contribution in [0, 0.1) is 6.92 Å². The number of thioether (sulfide) groups is 1. The topological polar surface area (TPSA) is 76.8 Å². The fraction of sp³-hybridized carbons (Fsp3) is 0.217. The second-order valence-corrected chi connectivity index (χ2v) is 9.21. The highest BCUT2D eigenvalue weighted by Crippen LogP contribution is 2.33. The number of carbonyl (C=O) groups is 2. The highest BCUT2D eigenvalue weighted by atomic mass is 32.2. The summed E-state index contributed by atoms with van der Waals surface area (Å²) >= 11 is 3.06. The van der Waals surface area contributed by atoms with Crippen molar-refractivity contribution in [1.82, 2.24) is 14.4 Å². The van der Waals surface area contributed by atoms with Gasteiger partial charge in [0.1, 0.15) is 0 Å². The van der Waals surface area contributed by atoms with Crippen molar-refractivity contribution in [2.75, 3.05) is 24.3 Å². The number of aromatic nitrogens is 3. The zero-order chi connectivity index (χ0) is 22.2. The summed E-state index contributed by atoms with van der Waals surface area (Å²) in [5, 5.41) is 3.75. The fourth-order valence-corrected chi connectivity index (χ4v) is 5.05. The van der Waals surface area contributed by atoms with E-state index in [4.69, 9.17) is 4.74 Å². The third-order valence-corrected chi connectivity index (χ3v) is 6.84. The molecule has 0 N–H and O–H groups in total. The Bertz CT molecular complexity index is 1340. The van der Waals surface area contributed by atoms with Gasteiger partial charge in [-0.1, -0.05) is 23.9 Å². The van der Waals surface area contributed by atoms with Crippen LogP contribution in [0.15, 0.2) is 53.1 Å². The fourth-order valence-electron chi connectivity index (χ4n) is 3.89. The van der Waals surface area contributed by atoms with Crippen molar-refractivity contribution in [3.05, 3.63) is 64.2 Å². The van der Waals surface area contributed by atoms with E-state index < -0.39 is 5.97 Å². The summed E-state index contributed by atoms with van der Waals surface area (Å²) in [6, 6.07) is 11.5. The molecule has 0 saturated heterocycles. The van der Waals surface area contributed by atoms with E-state index >= 15 is 0 Å². The summed E-state index contributed by atoms with van der Waals surface area (Å²) in [5.74, 6) is -0.848. The van der Waals surface area contributed by atoms with Gasteiger partial charge in [0.15, 0.2) is 17.5 Å². The summed E-state index contributed by atoms with van der Waals surface area (Å²) in [5.41, 5.74) is 4.82. The number of thiazole rings is 1. The van der Waals surface area contributed by atoms with Gasteiger partial charge in [0.2, 0.25) is 0 Å². The largest absolute Gasteiger partial charge is 0.451 e. The van der Waals surface area contributed by atoms with E-state index in [0.29, 0.717) is 17.2 Å². The minimum absolute atomic E-state index is 0.216. The lowest BCUT2D eigenvalue weighted by molar-refractivity contribution is -0.121. The molecule has 5 rings (SSSR count). The average molecular weight is 465 g/mol.